The number of nitrogens with zero attached hydrogens (tertiary/aromatic N) is 1. The number of hydrogen-bond acceptors (Lipinski definition) is 6. The molecule has 2 rings (SSSR count). The Bertz CT molecular complexity index is 853. The number of rotatable bonds is 6. The van der Waals surface area contributed by atoms with Crippen LogP contribution in [0.1, 0.15) is 22.8 Å². The van der Waals surface area contributed by atoms with Gasteiger partial charge in [-0.1, -0.05) is 12.1 Å². The average Bonchev–Trinajstić information content (AvgIpc) is 2.60. The van der Waals surface area contributed by atoms with Crippen LogP contribution in [-0.2, 0) is 9.53 Å². The highest BCUT2D eigenvalue weighted by atomic mass is 32.2. The van der Waals surface area contributed by atoms with Crippen LogP contribution in [0.2, 0.25) is 0 Å². The molecule has 0 aromatic heterocycles. The molecule has 0 saturated carbocycles. The summed E-state index contributed by atoms with van der Waals surface area (Å²) in [7, 11) is 0. The largest absolute Gasteiger partial charge is 0.449 e. The van der Waals surface area contributed by atoms with Crippen molar-refractivity contribution in [2.24, 2.45) is 0 Å². The Balaban J connectivity index is 2.07. The van der Waals surface area contributed by atoms with Crippen molar-refractivity contribution in [3.05, 3.63) is 63.7 Å². The summed E-state index contributed by atoms with van der Waals surface area (Å²) in [5.41, 5.74) is 1.42. The second-order valence-electron chi connectivity index (χ2n) is 5.55. The van der Waals surface area contributed by atoms with Gasteiger partial charge in [-0.15, -0.1) is 11.8 Å². The first kappa shape index (κ1) is 19.5. The molecule has 2 aromatic rings. The molecule has 0 aliphatic rings. The Hall–Kier alpha value is -2.87. The molecule has 0 heterocycles. The highest BCUT2D eigenvalue weighted by Crippen LogP contribution is 2.28. The number of aryl methyl sites for hydroxylation is 1. The number of anilines is 1. The minimum Gasteiger partial charge on any atom is -0.449 e. The Morgan fingerprint density at radius 3 is 2.58 bits per heavy atom. The van der Waals surface area contributed by atoms with E-state index < -0.39 is 22.9 Å². The van der Waals surface area contributed by atoms with Crippen LogP contribution in [0.5, 0.6) is 0 Å². The average molecular weight is 374 g/mol. The lowest BCUT2D eigenvalue weighted by atomic mass is 10.2. The third-order valence-corrected chi connectivity index (χ3v) is 4.33. The van der Waals surface area contributed by atoms with Crippen molar-refractivity contribution in [2.75, 3.05) is 11.6 Å². The number of carbonyl (C=O) groups excluding carboxylic acids is 2. The van der Waals surface area contributed by atoms with E-state index >= 15 is 0 Å². The van der Waals surface area contributed by atoms with Crippen LogP contribution in [-0.4, -0.2) is 29.2 Å². The Morgan fingerprint density at radius 2 is 1.96 bits per heavy atom. The van der Waals surface area contributed by atoms with Crippen LogP contribution in [0, 0.1) is 17.0 Å². The van der Waals surface area contributed by atoms with E-state index in [4.69, 9.17) is 4.74 Å². The number of carbonyl (C=O) groups is 2. The lowest BCUT2D eigenvalue weighted by molar-refractivity contribution is -0.387. The number of thioether (sulfide) groups is 1. The molecule has 0 saturated heterocycles. The van der Waals surface area contributed by atoms with E-state index in [9.17, 15) is 19.7 Å². The minimum absolute atomic E-state index is 0.0182. The van der Waals surface area contributed by atoms with Crippen molar-refractivity contribution >= 4 is 35.0 Å². The monoisotopic (exact) mass is 374 g/mol. The highest BCUT2D eigenvalue weighted by Gasteiger charge is 2.22. The quantitative estimate of drug-likeness (QED) is 0.357. The molecule has 0 aliphatic carbocycles. The maximum Gasteiger partial charge on any atom is 0.339 e. The summed E-state index contributed by atoms with van der Waals surface area (Å²) >= 11 is 1.21. The van der Waals surface area contributed by atoms with E-state index in [1.807, 2.05) is 13.0 Å². The number of ether oxygens (including phenoxy) is 1. The molecular weight excluding hydrogens is 356 g/mol. The predicted octanol–water partition coefficient (Wildman–Crippen LogP) is 3.81. The van der Waals surface area contributed by atoms with Gasteiger partial charge >= 0.3 is 5.97 Å². The van der Waals surface area contributed by atoms with E-state index in [1.165, 1.54) is 30.8 Å². The van der Waals surface area contributed by atoms with Gasteiger partial charge in [0, 0.05) is 11.8 Å². The fourth-order valence-corrected chi connectivity index (χ4v) is 2.76. The van der Waals surface area contributed by atoms with E-state index in [2.05, 4.69) is 5.32 Å². The number of benzene rings is 2. The van der Waals surface area contributed by atoms with Crippen molar-refractivity contribution in [2.45, 2.75) is 24.8 Å². The third kappa shape index (κ3) is 4.82. The van der Waals surface area contributed by atoms with Crippen LogP contribution in [0.4, 0.5) is 11.4 Å². The Labute approximate surface area is 154 Å². The molecule has 0 radical (unpaired) electrons. The first-order chi connectivity index (χ1) is 12.3. The second kappa shape index (κ2) is 8.48. The molecular formula is C18H18N2O5S. The zero-order valence-corrected chi connectivity index (χ0v) is 15.3. The van der Waals surface area contributed by atoms with Gasteiger partial charge in [0.25, 0.3) is 11.6 Å². The molecule has 0 spiro atoms. The molecule has 1 amide bonds. The lowest BCUT2D eigenvalue weighted by Gasteiger charge is -2.14. The number of nitro groups is 1. The fraction of sp³-hybridized carbons (Fsp3) is 0.222. The van der Waals surface area contributed by atoms with E-state index in [0.717, 1.165) is 11.6 Å². The molecule has 2 aromatic carbocycles. The molecule has 8 heteroatoms. The zero-order valence-electron chi connectivity index (χ0n) is 14.5. The van der Waals surface area contributed by atoms with Gasteiger partial charge in [0.15, 0.2) is 6.10 Å². The van der Waals surface area contributed by atoms with Crippen molar-refractivity contribution in [1.82, 2.24) is 0 Å². The van der Waals surface area contributed by atoms with Crippen molar-refractivity contribution < 1.29 is 19.2 Å². The molecule has 0 bridgehead atoms. The number of nitro benzene ring substituents is 1. The number of amides is 1. The summed E-state index contributed by atoms with van der Waals surface area (Å²) in [4.78, 5) is 35.4. The van der Waals surface area contributed by atoms with E-state index in [1.54, 1.807) is 24.5 Å². The van der Waals surface area contributed by atoms with Crippen LogP contribution >= 0.6 is 11.8 Å². The van der Waals surface area contributed by atoms with Gasteiger partial charge in [-0.3, -0.25) is 14.9 Å². The second-order valence-corrected chi connectivity index (χ2v) is 6.40. The van der Waals surface area contributed by atoms with Gasteiger partial charge in [0.05, 0.1) is 15.4 Å². The van der Waals surface area contributed by atoms with Gasteiger partial charge in [0.1, 0.15) is 0 Å². The van der Waals surface area contributed by atoms with Gasteiger partial charge < -0.3 is 10.1 Å². The van der Waals surface area contributed by atoms with Crippen LogP contribution < -0.4 is 5.32 Å². The highest BCUT2D eigenvalue weighted by molar-refractivity contribution is 7.98. The SMILES string of the molecule is CSc1ccc(C(=O)O[C@@H](C)C(=O)Nc2cccc(C)c2)cc1[N+](=O)[O-]. The summed E-state index contributed by atoms with van der Waals surface area (Å²) < 4.78 is 5.13. The number of hydrogen-bond donors (Lipinski definition) is 1. The normalized spacial score (nSPS) is 11.5. The maximum atomic E-state index is 12.2. The van der Waals surface area contributed by atoms with Gasteiger partial charge in [-0.05, 0) is 49.9 Å². The molecule has 0 aliphatic heterocycles. The van der Waals surface area contributed by atoms with Crippen molar-refractivity contribution in [3.8, 4) is 0 Å². The number of nitrogens with one attached hydrogen (secondary N) is 1. The van der Waals surface area contributed by atoms with Gasteiger partial charge in [-0.25, -0.2) is 4.79 Å². The Kier molecular flexibility index (Phi) is 6.35. The van der Waals surface area contributed by atoms with Crippen LogP contribution in [0.25, 0.3) is 0 Å². The number of esters is 1. The zero-order chi connectivity index (χ0) is 19.3. The predicted molar refractivity (Wildman–Crippen MR) is 99.6 cm³/mol. The summed E-state index contributed by atoms with van der Waals surface area (Å²) in [5, 5.41) is 13.8. The van der Waals surface area contributed by atoms with E-state index in [-0.39, 0.29) is 11.3 Å². The summed E-state index contributed by atoms with van der Waals surface area (Å²) in [6.45, 7) is 3.33. The van der Waals surface area contributed by atoms with E-state index in [0.29, 0.717) is 10.6 Å². The summed E-state index contributed by atoms with van der Waals surface area (Å²) in [6.07, 6.45) is 0.653. The standard InChI is InChI=1S/C18H18N2O5S/c1-11-5-4-6-14(9-11)19-17(21)12(2)25-18(22)13-7-8-16(26-3)15(10-13)20(23)24/h4-10,12H,1-3H3,(H,19,21)/t12-/m0/s1. The molecule has 7 nitrogen and oxygen atoms in total. The van der Waals surface area contributed by atoms with Crippen LogP contribution in [0.3, 0.4) is 0 Å². The molecule has 1 N–H and O–H groups in total. The smallest absolute Gasteiger partial charge is 0.339 e. The van der Waals surface area contributed by atoms with Crippen molar-refractivity contribution in [1.29, 1.82) is 0 Å². The topological polar surface area (TPSA) is 98.5 Å². The van der Waals surface area contributed by atoms with Gasteiger partial charge in [0.2, 0.25) is 0 Å². The fourth-order valence-electron chi connectivity index (χ4n) is 2.21. The van der Waals surface area contributed by atoms with Crippen LogP contribution in [0.15, 0.2) is 47.4 Å². The minimum atomic E-state index is -1.05. The van der Waals surface area contributed by atoms with Gasteiger partial charge in [-0.2, -0.15) is 0 Å². The molecule has 0 unspecified atom stereocenters. The molecule has 26 heavy (non-hydrogen) atoms. The molecule has 136 valence electrons. The first-order valence-corrected chi connectivity index (χ1v) is 8.95. The maximum absolute atomic E-state index is 12.2. The third-order valence-electron chi connectivity index (χ3n) is 3.55. The Morgan fingerprint density at radius 1 is 1.23 bits per heavy atom. The first-order valence-electron chi connectivity index (χ1n) is 7.72. The molecule has 0 fully saturated rings. The molecule has 1 atom stereocenters. The lowest BCUT2D eigenvalue weighted by Crippen LogP contribution is -2.30. The van der Waals surface area contributed by atoms with Crippen molar-refractivity contribution in [3.63, 3.8) is 0 Å². The summed E-state index contributed by atoms with van der Waals surface area (Å²) in [6, 6.07) is 11.3. The summed E-state index contributed by atoms with van der Waals surface area (Å²) in [5.74, 6) is -1.29.